The molecule has 0 aliphatic heterocycles. The van der Waals surface area contributed by atoms with Crippen molar-refractivity contribution in [1.82, 2.24) is 0 Å². The van der Waals surface area contributed by atoms with E-state index in [0.717, 1.165) is 12.1 Å². The summed E-state index contributed by atoms with van der Waals surface area (Å²) in [4.78, 5) is 4.42. The van der Waals surface area contributed by atoms with Crippen molar-refractivity contribution in [3.63, 3.8) is 0 Å². The summed E-state index contributed by atoms with van der Waals surface area (Å²) in [7, 11) is 1.88. The zero-order valence-electron chi connectivity index (χ0n) is 11.1. The zero-order valence-corrected chi connectivity index (χ0v) is 11.1. The van der Waals surface area contributed by atoms with Crippen LogP contribution in [0.5, 0.6) is 0 Å². The highest BCUT2D eigenvalue weighted by atomic mass is 14.7. The van der Waals surface area contributed by atoms with Crippen LogP contribution in [0.4, 0.5) is 0 Å². The highest BCUT2D eigenvalue weighted by Gasteiger charge is 2.30. The van der Waals surface area contributed by atoms with Crippen LogP contribution in [0, 0.1) is 11.3 Å². The molecule has 1 unspecified atom stereocenters. The summed E-state index contributed by atoms with van der Waals surface area (Å²) < 4.78 is 0. The monoisotopic (exact) mass is 217 g/mol. The summed E-state index contributed by atoms with van der Waals surface area (Å²) in [6.45, 7) is 8.85. The normalized spacial score (nSPS) is 22.7. The second kappa shape index (κ2) is 5.29. The van der Waals surface area contributed by atoms with E-state index in [1.165, 1.54) is 5.57 Å². The fraction of sp³-hybridized carbons (Fsp3) is 0.533. The predicted octanol–water partition coefficient (Wildman–Crippen LogP) is 4.18. The molecule has 0 bridgehead atoms. The molecule has 0 heterocycles. The van der Waals surface area contributed by atoms with Crippen molar-refractivity contribution in [2.45, 2.75) is 34.1 Å². The lowest BCUT2D eigenvalue weighted by Crippen LogP contribution is -2.29. The van der Waals surface area contributed by atoms with E-state index in [4.69, 9.17) is 0 Å². The summed E-state index contributed by atoms with van der Waals surface area (Å²) in [6.07, 6.45) is 12.0. The molecule has 0 aromatic heterocycles. The summed E-state index contributed by atoms with van der Waals surface area (Å²) >= 11 is 0. The molecular weight excluding hydrogens is 194 g/mol. The molecule has 0 aromatic carbocycles. The van der Waals surface area contributed by atoms with Crippen LogP contribution in [0.25, 0.3) is 0 Å². The topological polar surface area (TPSA) is 12.4 Å². The maximum atomic E-state index is 4.42. The minimum Gasteiger partial charge on any atom is -0.292 e. The van der Waals surface area contributed by atoms with Gasteiger partial charge in [0, 0.05) is 18.2 Å². The van der Waals surface area contributed by atoms with Gasteiger partial charge >= 0.3 is 0 Å². The van der Waals surface area contributed by atoms with Gasteiger partial charge in [-0.1, -0.05) is 50.6 Å². The third-order valence-electron chi connectivity index (χ3n) is 3.36. The number of hydrogen-bond acceptors (Lipinski definition) is 1. The largest absolute Gasteiger partial charge is 0.292 e. The molecule has 0 saturated carbocycles. The molecule has 0 N–H and O–H groups in total. The molecule has 0 fully saturated rings. The number of rotatable bonds is 3. The van der Waals surface area contributed by atoms with Crippen LogP contribution in [-0.2, 0) is 0 Å². The van der Waals surface area contributed by atoms with Crippen molar-refractivity contribution in [3.8, 4) is 0 Å². The van der Waals surface area contributed by atoms with Crippen LogP contribution < -0.4 is 0 Å². The smallest absolute Gasteiger partial charge is 0.0438 e. The molecule has 0 spiro atoms. The Morgan fingerprint density at radius 2 is 2.19 bits per heavy atom. The van der Waals surface area contributed by atoms with E-state index in [-0.39, 0.29) is 5.41 Å². The first-order valence-corrected chi connectivity index (χ1v) is 6.01. The Labute approximate surface area is 99.7 Å². The molecule has 0 radical (unpaired) electrons. The molecule has 1 nitrogen and oxygen atoms in total. The van der Waals surface area contributed by atoms with Crippen molar-refractivity contribution in [3.05, 3.63) is 36.0 Å². The standard InChI is InChI=1S/C15H23N/c1-6-9-14(16-5)15(3,4)13-11-8-7-10-12(13)2/h6-9,11-12H,10H2,1-5H3/b9-6-,16-14-. The van der Waals surface area contributed by atoms with Crippen molar-refractivity contribution in [2.24, 2.45) is 16.3 Å². The molecule has 1 heteroatoms. The molecule has 0 saturated heterocycles. The summed E-state index contributed by atoms with van der Waals surface area (Å²) in [6, 6.07) is 0. The minimum atomic E-state index is 0.0332. The lowest BCUT2D eigenvalue weighted by Gasteiger charge is -2.33. The first-order chi connectivity index (χ1) is 7.54. The van der Waals surface area contributed by atoms with Gasteiger partial charge in [0.15, 0.2) is 0 Å². The second-order valence-corrected chi connectivity index (χ2v) is 4.92. The van der Waals surface area contributed by atoms with E-state index in [2.05, 4.69) is 56.1 Å². The van der Waals surface area contributed by atoms with Gasteiger partial charge in [0.1, 0.15) is 0 Å². The first-order valence-electron chi connectivity index (χ1n) is 6.01. The molecule has 0 aromatic rings. The third kappa shape index (κ3) is 2.52. The van der Waals surface area contributed by atoms with Gasteiger partial charge in [-0.25, -0.2) is 0 Å². The molecular formula is C15H23N. The van der Waals surface area contributed by atoms with Crippen LogP contribution >= 0.6 is 0 Å². The first kappa shape index (κ1) is 13.0. The quantitative estimate of drug-likeness (QED) is 0.629. The third-order valence-corrected chi connectivity index (χ3v) is 3.36. The lowest BCUT2D eigenvalue weighted by molar-refractivity contribution is 0.514. The number of nitrogens with zero attached hydrogens (tertiary/aromatic N) is 1. The van der Waals surface area contributed by atoms with Crippen LogP contribution in [0.2, 0.25) is 0 Å². The Hall–Kier alpha value is -1.11. The average Bonchev–Trinajstić information content (AvgIpc) is 2.26. The van der Waals surface area contributed by atoms with E-state index >= 15 is 0 Å². The van der Waals surface area contributed by atoms with E-state index in [0.29, 0.717) is 5.92 Å². The highest BCUT2D eigenvalue weighted by Crippen LogP contribution is 2.37. The van der Waals surface area contributed by atoms with Crippen molar-refractivity contribution < 1.29 is 0 Å². The average molecular weight is 217 g/mol. The van der Waals surface area contributed by atoms with Gasteiger partial charge in [0.05, 0.1) is 0 Å². The van der Waals surface area contributed by atoms with Gasteiger partial charge < -0.3 is 0 Å². The Kier molecular flexibility index (Phi) is 4.28. The number of hydrogen-bond donors (Lipinski definition) is 0. The van der Waals surface area contributed by atoms with E-state index in [1.807, 2.05) is 14.0 Å². The Morgan fingerprint density at radius 3 is 2.69 bits per heavy atom. The maximum absolute atomic E-state index is 4.42. The van der Waals surface area contributed by atoms with Gasteiger partial charge in [-0.05, 0) is 25.3 Å². The predicted molar refractivity (Wildman–Crippen MR) is 73.0 cm³/mol. The SMILES string of the molecule is C/C=C\C(=N\C)C(C)(C)C1=CC=CCC1C. The fourth-order valence-electron chi connectivity index (χ4n) is 2.44. The fourth-order valence-corrected chi connectivity index (χ4v) is 2.44. The van der Waals surface area contributed by atoms with Crippen LogP contribution in [0.15, 0.2) is 40.9 Å². The number of allylic oxidation sites excluding steroid dienone is 6. The van der Waals surface area contributed by atoms with Gasteiger partial charge in [0.25, 0.3) is 0 Å². The molecule has 1 atom stereocenters. The van der Waals surface area contributed by atoms with Crippen LogP contribution in [0.1, 0.15) is 34.1 Å². The van der Waals surface area contributed by atoms with Gasteiger partial charge in [0.2, 0.25) is 0 Å². The van der Waals surface area contributed by atoms with Crippen molar-refractivity contribution in [1.29, 1.82) is 0 Å². The zero-order chi connectivity index (χ0) is 12.2. The van der Waals surface area contributed by atoms with E-state index in [9.17, 15) is 0 Å². The lowest BCUT2D eigenvalue weighted by atomic mass is 9.72. The molecule has 0 amide bonds. The Bertz CT molecular complexity index is 354. The molecule has 1 aliphatic rings. The van der Waals surface area contributed by atoms with Gasteiger partial charge in [-0.3, -0.25) is 4.99 Å². The number of aliphatic imine (C=N–C) groups is 1. The summed E-state index contributed by atoms with van der Waals surface area (Å²) in [5.74, 6) is 0.613. The Morgan fingerprint density at radius 1 is 1.50 bits per heavy atom. The van der Waals surface area contributed by atoms with E-state index in [1.54, 1.807) is 0 Å². The van der Waals surface area contributed by atoms with Crippen LogP contribution in [-0.4, -0.2) is 12.8 Å². The maximum Gasteiger partial charge on any atom is 0.0438 e. The molecule has 1 rings (SSSR count). The van der Waals surface area contributed by atoms with Gasteiger partial charge in [-0.15, -0.1) is 0 Å². The molecule has 1 aliphatic carbocycles. The van der Waals surface area contributed by atoms with Gasteiger partial charge in [-0.2, -0.15) is 0 Å². The minimum absolute atomic E-state index is 0.0332. The summed E-state index contributed by atoms with van der Waals surface area (Å²) in [5.41, 5.74) is 2.67. The van der Waals surface area contributed by atoms with Crippen molar-refractivity contribution in [2.75, 3.05) is 7.05 Å². The highest BCUT2D eigenvalue weighted by molar-refractivity contribution is 6.01. The Balaban J connectivity index is 3.09. The van der Waals surface area contributed by atoms with Crippen molar-refractivity contribution >= 4 is 5.71 Å². The molecule has 88 valence electrons. The van der Waals surface area contributed by atoms with E-state index < -0.39 is 0 Å². The second-order valence-electron chi connectivity index (χ2n) is 4.92. The van der Waals surface area contributed by atoms with Crippen LogP contribution in [0.3, 0.4) is 0 Å². The summed E-state index contributed by atoms with van der Waals surface area (Å²) in [5, 5.41) is 0. The molecule has 16 heavy (non-hydrogen) atoms.